The molecule has 0 saturated carbocycles. The average Bonchev–Trinajstić information content (AvgIpc) is 2.90. The summed E-state index contributed by atoms with van der Waals surface area (Å²) in [6, 6.07) is -0.373. The number of carbonyl (C=O) groups is 2. The van der Waals surface area contributed by atoms with Gasteiger partial charge in [-0.15, -0.1) is 12.8 Å². The predicted octanol–water partition coefficient (Wildman–Crippen LogP) is 3.32. The van der Waals surface area contributed by atoms with Gasteiger partial charge >= 0.3 is 6.09 Å². The van der Waals surface area contributed by atoms with Crippen molar-refractivity contribution < 1.29 is 14.3 Å². The molecule has 0 aromatic rings. The van der Waals surface area contributed by atoms with Crippen LogP contribution in [0.4, 0.5) is 4.79 Å². The van der Waals surface area contributed by atoms with Crippen LogP contribution in [-0.2, 0) is 9.53 Å². The third-order valence-corrected chi connectivity index (χ3v) is 3.25. The van der Waals surface area contributed by atoms with Crippen LogP contribution in [0.3, 0.4) is 0 Å². The highest BCUT2D eigenvalue weighted by Gasteiger charge is 2.40. The number of carbonyl (C=O) groups excluding carboxylic acids is 2. The van der Waals surface area contributed by atoms with Gasteiger partial charge < -0.3 is 4.74 Å². The zero-order chi connectivity index (χ0) is 16.4. The van der Waals surface area contributed by atoms with Crippen LogP contribution in [0.15, 0.2) is 36.5 Å². The van der Waals surface area contributed by atoms with Crippen LogP contribution in [0.5, 0.6) is 0 Å². The summed E-state index contributed by atoms with van der Waals surface area (Å²) >= 11 is 0. The molecule has 0 bridgehead atoms. The minimum atomic E-state index is -0.566. The molecule has 4 nitrogen and oxygen atoms in total. The molecule has 2 amide bonds. The molecule has 2 atom stereocenters. The molecule has 21 heavy (non-hydrogen) atoms. The second-order valence-corrected chi connectivity index (χ2v) is 4.51. The zero-order valence-corrected chi connectivity index (χ0v) is 12.9. The summed E-state index contributed by atoms with van der Waals surface area (Å²) in [5.74, 6) is -0.385. The molecule has 1 aliphatic rings. The van der Waals surface area contributed by atoms with E-state index in [1.165, 1.54) is 4.90 Å². The number of amides is 2. The molecule has 4 heteroatoms. The molecule has 0 radical (unpaired) electrons. The number of imide groups is 1. The molecule has 1 heterocycles. The monoisotopic (exact) mass is 289 g/mol. The lowest BCUT2D eigenvalue weighted by atomic mass is 10.0. The summed E-state index contributed by atoms with van der Waals surface area (Å²) in [5.41, 5.74) is 0.806. The van der Waals surface area contributed by atoms with Gasteiger partial charge in [-0.2, -0.15) is 0 Å². The van der Waals surface area contributed by atoms with Gasteiger partial charge in [-0.05, 0) is 18.9 Å². The molecule has 1 unspecified atom stereocenters. The van der Waals surface area contributed by atoms with E-state index in [-0.39, 0.29) is 24.5 Å². The SMILES string of the molecule is C#C.C=C/C(=C\C=C/C)[C@@H]1COC(=O)N1C(=O)C(C)CC. The summed E-state index contributed by atoms with van der Waals surface area (Å²) in [7, 11) is 0. The third-order valence-electron chi connectivity index (χ3n) is 3.25. The van der Waals surface area contributed by atoms with Crippen molar-refractivity contribution in [2.24, 2.45) is 5.92 Å². The number of terminal acetylenes is 1. The maximum Gasteiger partial charge on any atom is 0.417 e. The Bertz CT molecular complexity index is 460. The maximum atomic E-state index is 12.2. The molecule has 0 aromatic heterocycles. The van der Waals surface area contributed by atoms with Crippen LogP contribution < -0.4 is 0 Å². The van der Waals surface area contributed by atoms with Crippen molar-refractivity contribution in [2.45, 2.75) is 33.2 Å². The van der Waals surface area contributed by atoms with Crippen molar-refractivity contribution >= 4 is 12.0 Å². The third kappa shape index (κ3) is 4.64. The summed E-state index contributed by atoms with van der Waals surface area (Å²) in [4.78, 5) is 25.2. The lowest BCUT2D eigenvalue weighted by Gasteiger charge is -2.23. The van der Waals surface area contributed by atoms with Crippen LogP contribution in [0.1, 0.15) is 27.2 Å². The molecular formula is C17H23NO3. The van der Waals surface area contributed by atoms with E-state index in [0.717, 1.165) is 5.57 Å². The summed E-state index contributed by atoms with van der Waals surface area (Å²) in [6.07, 6.45) is 15.4. The fourth-order valence-electron chi connectivity index (χ4n) is 1.84. The van der Waals surface area contributed by atoms with Gasteiger partial charge in [0.25, 0.3) is 0 Å². The van der Waals surface area contributed by atoms with E-state index in [1.807, 2.05) is 39.0 Å². The van der Waals surface area contributed by atoms with Gasteiger partial charge in [0.15, 0.2) is 0 Å². The number of nitrogens with zero attached hydrogens (tertiary/aromatic N) is 1. The highest BCUT2D eigenvalue weighted by molar-refractivity contribution is 5.95. The van der Waals surface area contributed by atoms with Crippen molar-refractivity contribution in [3.05, 3.63) is 36.5 Å². The van der Waals surface area contributed by atoms with Gasteiger partial charge in [-0.1, -0.05) is 44.7 Å². The molecule has 0 N–H and O–H groups in total. The highest BCUT2D eigenvalue weighted by atomic mass is 16.6. The first-order chi connectivity index (χ1) is 10.1. The van der Waals surface area contributed by atoms with E-state index < -0.39 is 6.09 Å². The number of hydrogen-bond donors (Lipinski definition) is 0. The van der Waals surface area contributed by atoms with Crippen molar-refractivity contribution in [1.29, 1.82) is 0 Å². The molecule has 114 valence electrons. The zero-order valence-electron chi connectivity index (χ0n) is 12.9. The number of ether oxygens (including phenoxy) is 1. The first kappa shape index (κ1) is 18.7. The van der Waals surface area contributed by atoms with Gasteiger partial charge in [0.1, 0.15) is 12.6 Å². The van der Waals surface area contributed by atoms with E-state index >= 15 is 0 Å². The Morgan fingerprint density at radius 3 is 2.67 bits per heavy atom. The van der Waals surface area contributed by atoms with Crippen LogP contribution in [0.25, 0.3) is 0 Å². The molecule has 0 aliphatic carbocycles. The molecule has 1 saturated heterocycles. The molecule has 0 spiro atoms. The average molecular weight is 289 g/mol. The smallest absolute Gasteiger partial charge is 0.417 e. The Morgan fingerprint density at radius 2 is 2.19 bits per heavy atom. The van der Waals surface area contributed by atoms with Gasteiger partial charge in [0.2, 0.25) is 5.91 Å². The predicted molar refractivity (Wildman–Crippen MR) is 84.4 cm³/mol. The van der Waals surface area contributed by atoms with Gasteiger partial charge in [0, 0.05) is 5.92 Å². The van der Waals surface area contributed by atoms with Crippen molar-refractivity contribution in [2.75, 3.05) is 6.61 Å². The summed E-state index contributed by atoms with van der Waals surface area (Å²) in [5, 5.41) is 0. The molecule has 1 rings (SSSR count). The fourth-order valence-corrected chi connectivity index (χ4v) is 1.84. The Morgan fingerprint density at radius 1 is 1.57 bits per heavy atom. The maximum absolute atomic E-state index is 12.2. The Hall–Kier alpha value is -2.28. The summed E-state index contributed by atoms with van der Waals surface area (Å²) in [6.45, 7) is 9.56. The highest BCUT2D eigenvalue weighted by Crippen LogP contribution is 2.23. The van der Waals surface area contributed by atoms with E-state index in [9.17, 15) is 9.59 Å². The van der Waals surface area contributed by atoms with Gasteiger partial charge in [0.05, 0.1) is 0 Å². The van der Waals surface area contributed by atoms with Crippen molar-refractivity contribution in [3.63, 3.8) is 0 Å². The molecule has 0 aromatic carbocycles. The van der Waals surface area contributed by atoms with Crippen LogP contribution >= 0.6 is 0 Å². The number of rotatable bonds is 5. The fraction of sp³-hybridized carbons (Fsp3) is 0.412. The Labute approximate surface area is 127 Å². The van der Waals surface area contributed by atoms with Gasteiger partial charge in [-0.3, -0.25) is 4.79 Å². The Balaban J connectivity index is 0.00000191. The summed E-state index contributed by atoms with van der Waals surface area (Å²) < 4.78 is 5.01. The van der Waals surface area contributed by atoms with Crippen molar-refractivity contribution in [3.8, 4) is 12.8 Å². The van der Waals surface area contributed by atoms with Crippen LogP contribution in [0, 0.1) is 18.8 Å². The lowest BCUT2D eigenvalue weighted by Crippen LogP contribution is -2.42. The van der Waals surface area contributed by atoms with Crippen molar-refractivity contribution in [1.82, 2.24) is 4.90 Å². The van der Waals surface area contributed by atoms with Crippen LogP contribution in [0.2, 0.25) is 0 Å². The minimum Gasteiger partial charge on any atom is -0.446 e. The first-order valence-electron chi connectivity index (χ1n) is 6.85. The molecule has 1 aliphatic heterocycles. The van der Waals surface area contributed by atoms with Gasteiger partial charge in [-0.25, -0.2) is 9.69 Å². The topological polar surface area (TPSA) is 46.6 Å². The van der Waals surface area contributed by atoms with Crippen LogP contribution in [-0.4, -0.2) is 29.5 Å². The first-order valence-corrected chi connectivity index (χ1v) is 6.85. The molecular weight excluding hydrogens is 266 g/mol. The second kappa shape index (κ2) is 9.60. The second-order valence-electron chi connectivity index (χ2n) is 4.51. The molecule has 1 fully saturated rings. The quantitative estimate of drug-likeness (QED) is 0.576. The minimum absolute atomic E-state index is 0.191. The normalized spacial score (nSPS) is 19.7. The van der Waals surface area contributed by atoms with E-state index in [0.29, 0.717) is 6.42 Å². The number of hydrogen-bond acceptors (Lipinski definition) is 3. The lowest BCUT2D eigenvalue weighted by molar-refractivity contribution is -0.132. The van der Waals surface area contributed by atoms with E-state index in [1.54, 1.807) is 6.08 Å². The van der Waals surface area contributed by atoms with E-state index in [2.05, 4.69) is 19.4 Å². The number of allylic oxidation sites excluding steroid dienone is 3. The standard InChI is InChI=1S/C15H21NO3.C2H2/c1-5-8-9-12(7-3)13-10-19-15(18)16(13)14(17)11(4)6-2;1-2/h5,7-9,11,13H,3,6,10H2,1-2,4H3;1-2H/b8-5-,12-9+;/t11?,13-;/m0./s1. The Kier molecular flexibility index (Phi) is 8.55. The number of cyclic esters (lactones) is 1. The van der Waals surface area contributed by atoms with E-state index in [4.69, 9.17) is 4.74 Å². The largest absolute Gasteiger partial charge is 0.446 e.